The van der Waals surface area contributed by atoms with Crippen LogP contribution < -0.4 is 10.1 Å². The number of hydrogen-bond donors (Lipinski definition) is 1. The van der Waals surface area contributed by atoms with Crippen molar-refractivity contribution in [2.75, 3.05) is 32.6 Å². The number of aryl methyl sites for hydroxylation is 1. The van der Waals surface area contributed by atoms with Gasteiger partial charge in [-0.1, -0.05) is 0 Å². The van der Waals surface area contributed by atoms with Crippen LogP contribution >= 0.6 is 0 Å². The third kappa shape index (κ3) is 3.59. The number of aromatic nitrogens is 3. The van der Waals surface area contributed by atoms with E-state index in [0.717, 1.165) is 29.2 Å². The fraction of sp³-hybridized carbons (Fsp3) is 0.471. The Kier molecular flexibility index (Phi) is 4.71. The molecule has 1 saturated heterocycles. The lowest BCUT2D eigenvalue weighted by molar-refractivity contribution is 0.260. The van der Waals surface area contributed by atoms with Crippen molar-refractivity contribution in [3.05, 3.63) is 30.1 Å². The highest BCUT2D eigenvalue weighted by atomic mass is 16.5. The number of nitrogens with zero attached hydrogens (tertiary/aromatic N) is 4. The van der Waals surface area contributed by atoms with Gasteiger partial charge in [0.2, 0.25) is 0 Å². The standard InChI is InChI=1S/C17H23N5O/c1-12-9-16(19-13-5-4-8-22(2)11-13)20-21-17(12)14-6-7-18-10-15(14)23-3/h6-7,9-10,13H,4-5,8,11H2,1-3H3,(H,19,20)/t13-/m1/s1. The highest BCUT2D eigenvalue weighted by molar-refractivity contribution is 5.69. The SMILES string of the molecule is COc1cnccc1-c1nnc(N[C@@H]2CCCN(C)C2)cc1C. The van der Waals surface area contributed by atoms with Crippen LogP contribution in [0.1, 0.15) is 18.4 Å². The van der Waals surface area contributed by atoms with Crippen molar-refractivity contribution in [3.63, 3.8) is 0 Å². The van der Waals surface area contributed by atoms with Gasteiger partial charge >= 0.3 is 0 Å². The molecule has 0 aromatic carbocycles. The van der Waals surface area contributed by atoms with E-state index in [1.165, 1.54) is 19.4 Å². The second-order valence-electron chi connectivity index (χ2n) is 6.08. The summed E-state index contributed by atoms with van der Waals surface area (Å²) < 4.78 is 5.37. The zero-order chi connectivity index (χ0) is 16.2. The Balaban J connectivity index is 1.80. The summed E-state index contributed by atoms with van der Waals surface area (Å²) in [6, 6.07) is 4.39. The van der Waals surface area contributed by atoms with Crippen LogP contribution in [0.2, 0.25) is 0 Å². The Labute approximate surface area is 136 Å². The minimum Gasteiger partial charge on any atom is -0.494 e. The maximum Gasteiger partial charge on any atom is 0.149 e. The first kappa shape index (κ1) is 15.7. The Bertz CT molecular complexity index is 676. The Morgan fingerprint density at radius 3 is 2.96 bits per heavy atom. The molecule has 0 saturated carbocycles. The summed E-state index contributed by atoms with van der Waals surface area (Å²) in [5, 5.41) is 12.3. The first-order valence-electron chi connectivity index (χ1n) is 7.95. The maximum absolute atomic E-state index is 5.37. The molecule has 23 heavy (non-hydrogen) atoms. The van der Waals surface area contributed by atoms with E-state index >= 15 is 0 Å². The molecule has 1 N–H and O–H groups in total. The van der Waals surface area contributed by atoms with E-state index in [4.69, 9.17) is 4.74 Å². The lowest BCUT2D eigenvalue weighted by Crippen LogP contribution is -2.39. The molecule has 0 unspecified atom stereocenters. The van der Waals surface area contributed by atoms with Gasteiger partial charge in [-0.05, 0) is 51.1 Å². The fourth-order valence-corrected chi connectivity index (χ4v) is 3.05. The third-order valence-corrected chi connectivity index (χ3v) is 4.22. The molecule has 0 amide bonds. The monoisotopic (exact) mass is 313 g/mol. The number of nitrogens with one attached hydrogen (secondary N) is 1. The van der Waals surface area contributed by atoms with Gasteiger partial charge in [-0.2, -0.15) is 0 Å². The average Bonchev–Trinajstić information content (AvgIpc) is 2.55. The summed E-state index contributed by atoms with van der Waals surface area (Å²) in [6.45, 7) is 4.26. The summed E-state index contributed by atoms with van der Waals surface area (Å²) in [5.74, 6) is 1.54. The first-order chi connectivity index (χ1) is 11.2. The molecule has 2 aromatic rings. The van der Waals surface area contributed by atoms with Gasteiger partial charge in [0.1, 0.15) is 11.6 Å². The van der Waals surface area contributed by atoms with E-state index in [9.17, 15) is 0 Å². The number of piperidine rings is 1. The summed E-state index contributed by atoms with van der Waals surface area (Å²) in [4.78, 5) is 6.43. The van der Waals surface area contributed by atoms with Gasteiger partial charge in [0.05, 0.1) is 19.0 Å². The van der Waals surface area contributed by atoms with Gasteiger partial charge < -0.3 is 15.0 Å². The first-order valence-corrected chi connectivity index (χ1v) is 7.95. The van der Waals surface area contributed by atoms with E-state index in [1.807, 2.05) is 13.0 Å². The summed E-state index contributed by atoms with van der Waals surface area (Å²) in [7, 11) is 3.79. The van der Waals surface area contributed by atoms with Crippen LogP contribution in [-0.4, -0.2) is 53.4 Å². The molecule has 3 heterocycles. The van der Waals surface area contributed by atoms with Crippen LogP contribution in [-0.2, 0) is 0 Å². The van der Waals surface area contributed by atoms with Crippen LogP contribution in [0.15, 0.2) is 24.5 Å². The third-order valence-electron chi connectivity index (χ3n) is 4.22. The minimum atomic E-state index is 0.434. The molecule has 6 nitrogen and oxygen atoms in total. The van der Waals surface area contributed by atoms with Crippen LogP contribution in [0.25, 0.3) is 11.3 Å². The molecule has 0 bridgehead atoms. The van der Waals surface area contributed by atoms with E-state index in [1.54, 1.807) is 19.5 Å². The molecule has 6 heteroatoms. The van der Waals surface area contributed by atoms with Crippen LogP contribution in [0.5, 0.6) is 5.75 Å². The molecule has 122 valence electrons. The molecule has 0 spiro atoms. The average molecular weight is 313 g/mol. The molecule has 1 aliphatic heterocycles. The van der Waals surface area contributed by atoms with Gasteiger partial charge in [-0.25, -0.2) is 0 Å². The zero-order valence-corrected chi connectivity index (χ0v) is 13.9. The predicted octanol–water partition coefficient (Wildman–Crippen LogP) is 2.36. The molecule has 1 atom stereocenters. The van der Waals surface area contributed by atoms with Gasteiger partial charge in [0.25, 0.3) is 0 Å². The molecular weight excluding hydrogens is 290 g/mol. The fourth-order valence-electron chi connectivity index (χ4n) is 3.05. The second kappa shape index (κ2) is 6.91. The number of likely N-dealkylation sites (tertiary alicyclic amines) is 1. The highest BCUT2D eigenvalue weighted by Gasteiger charge is 2.18. The van der Waals surface area contributed by atoms with Crippen molar-refractivity contribution in [2.24, 2.45) is 0 Å². The van der Waals surface area contributed by atoms with E-state index in [2.05, 4.69) is 38.5 Å². The molecule has 1 aliphatic rings. The van der Waals surface area contributed by atoms with Crippen molar-refractivity contribution < 1.29 is 4.74 Å². The quantitative estimate of drug-likeness (QED) is 0.935. The van der Waals surface area contributed by atoms with Crippen molar-refractivity contribution in [1.82, 2.24) is 20.1 Å². The van der Waals surface area contributed by atoms with Gasteiger partial charge in [-0.3, -0.25) is 4.98 Å². The van der Waals surface area contributed by atoms with Crippen LogP contribution in [0.3, 0.4) is 0 Å². The number of hydrogen-bond acceptors (Lipinski definition) is 6. The Morgan fingerprint density at radius 1 is 1.35 bits per heavy atom. The minimum absolute atomic E-state index is 0.434. The zero-order valence-electron chi connectivity index (χ0n) is 13.9. The molecule has 3 rings (SSSR count). The second-order valence-corrected chi connectivity index (χ2v) is 6.08. The van der Waals surface area contributed by atoms with Crippen molar-refractivity contribution in [2.45, 2.75) is 25.8 Å². The van der Waals surface area contributed by atoms with Gasteiger partial charge in [0, 0.05) is 24.3 Å². The lowest BCUT2D eigenvalue weighted by atomic mass is 10.1. The predicted molar refractivity (Wildman–Crippen MR) is 90.7 cm³/mol. The molecule has 2 aromatic heterocycles. The van der Waals surface area contributed by atoms with E-state index in [-0.39, 0.29) is 0 Å². The van der Waals surface area contributed by atoms with Crippen molar-refractivity contribution in [1.29, 1.82) is 0 Å². The number of pyridine rings is 1. The highest BCUT2D eigenvalue weighted by Crippen LogP contribution is 2.29. The van der Waals surface area contributed by atoms with E-state index in [0.29, 0.717) is 11.8 Å². The van der Waals surface area contributed by atoms with Crippen molar-refractivity contribution in [3.8, 4) is 17.0 Å². The number of anilines is 1. The molecule has 0 aliphatic carbocycles. The van der Waals surface area contributed by atoms with E-state index < -0.39 is 0 Å². The molecule has 0 radical (unpaired) electrons. The lowest BCUT2D eigenvalue weighted by Gasteiger charge is -2.30. The number of likely N-dealkylation sites (N-methyl/N-ethyl adjacent to an activating group) is 1. The number of methoxy groups -OCH3 is 1. The normalized spacial score (nSPS) is 18.7. The topological polar surface area (TPSA) is 63.2 Å². The number of ether oxygens (including phenoxy) is 1. The summed E-state index contributed by atoms with van der Waals surface area (Å²) >= 11 is 0. The van der Waals surface area contributed by atoms with Crippen LogP contribution in [0.4, 0.5) is 5.82 Å². The summed E-state index contributed by atoms with van der Waals surface area (Å²) in [5.41, 5.74) is 2.81. The molecule has 1 fully saturated rings. The largest absolute Gasteiger partial charge is 0.494 e. The summed E-state index contributed by atoms with van der Waals surface area (Å²) in [6.07, 6.45) is 5.82. The van der Waals surface area contributed by atoms with Crippen molar-refractivity contribution >= 4 is 5.82 Å². The smallest absolute Gasteiger partial charge is 0.149 e. The van der Waals surface area contributed by atoms with Gasteiger partial charge in [0.15, 0.2) is 0 Å². The van der Waals surface area contributed by atoms with Gasteiger partial charge in [-0.15, -0.1) is 10.2 Å². The Morgan fingerprint density at radius 2 is 2.22 bits per heavy atom. The Hall–Kier alpha value is -2.21. The number of rotatable bonds is 4. The van der Waals surface area contributed by atoms with Crippen LogP contribution in [0, 0.1) is 6.92 Å². The maximum atomic E-state index is 5.37. The molecular formula is C17H23N5O.